The van der Waals surface area contributed by atoms with E-state index in [0.717, 1.165) is 36.8 Å². The summed E-state index contributed by atoms with van der Waals surface area (Å²) in [5.74, 6) is 0.531. The number of benzene rings is 2. The number of alkyl halides is 1. The molecule has 2 N–H and O–H groups in total. The fourth-order valence-electron chi connectivity index (χ4n) is 3.47. The lowest BCUT2D eigenvalue weighted by Gasteiger charge is -2.42. The highest BCUT2D eigenvalue weighted by atomic mass is 35.5. The highest BCUT2D eigenvalue weighted by Gasteiger charge is 2.42. The molecule has 3 heteroatoms. The summed E-state index contributed by atoms with van der Waals surface area (Å²) in [7, 11) is 0. The maximum Gasteiger partial charge on any atom is 0.115 e. The fraction of sp³-hybridized carbons (Fsp3) is 0.333. The lowest BCUT2D eigenvalue weighted by atomic mass is 9.65. The molecule has 0 aromatic heterocycles. The van der Waals surface area contributed by atoms with Gasteiger partial charge in [-0.3, -0.25) is 0 Å². The lowest BCUT2D eigenvalue weighted by Crippen LogP contribution is -2.40. The van der Waals surface area contributed by atoms with Gasteiger partial charge >= 0.3 is 0 Å². The monoisotopic (exact) mass is 302 g/mol. The molecule has 1 aliphatic rings. The number of halogens is 1. The van der Waals surface area contributed by atoms with Gasteiger partial charge in [0.2, 0.25) is 0 Å². The van der Waals surface area contributed by atoms with Crippen molar-refractivity contribution in [3.05, 3.63) is 59.7 Å². The Bertz CT molecular complexity index is 559. The summed E-state index contributed by atoms with van der Waals surface area (Å²) >= 11 is 6.76. The van der Waals surface area contributed by atoms with Gasteiger partial charge < -0.3 is 10.2 Å². The molecular formula is C18H19ClO2. The van der Waals surface area contributed by atoms with Crippen molar-refractivity contribution < 1.29 is 10.2 Å². The number of aromatic hydroxyl groups is 2. The van der Waals surface area contributed by atoms with Gasteiger partial charge in [0.25, 0.3) is 0 Å². The zero-order valence-electron chi connectivity index (χ0n) is 11.8. The van der Waals surface area contributed by atoms with Crippen LogP contribution in [0.15, 0.2) is 48.5 Å². The smallest absolute Gasteiger partial charge is 0.115 e. The van der Waals surface area contributed by atoms with Crippen molar-refractivity contribution in [3.63, 3.8) is 0 Å². The Labute approximate surface area is 130 Å². The quantitative estimate of drug-likeness (QED) is 0.798. The van der Waals surface area contributed by atoms with Crippen LogP contribution in [0.5, 0.6) is 11.5 Å². The molecule has 0 amide bonds. The Balaban J connectivity index is 2.14. The first-order valence-electron chi connectivity index (χ1n) is 7.36. The molecule has 21 heavy (non-hydrogen) atoms. The van der Waals surface area contributed by atoms with Gasteiger partial charge in [0.15, 0.2) is 0 Å². The highest BCUT2D eigenvalue weighted by Crippen LogP contribution is 2.48. The van der Waals surface area contributed by atoms with Crippen molar-refractivity contribution in [2.75, 3.05) is 0 Å². The van der Waals surface area contributed by atoms with E-state index in [4.69, 9.17) is 11.6 Å². The van der Waals surface area contributed by atoms with Gasteiger partial charge in [-0.25, -0.2) is 0 Å². The van der Waals surface area contributed by atoms with E-state index in [-0.39, 0.29) is 22.3 Å². The van der Waals surface area contributed by atoms with Crippen molar-refractivity contribution in [2.24, 2.45) is 0 Å². The topological polar surface area (TPSA) is 40.5 Å². The number of hydrogen-bond acceptors (Lipinski definition) is 2. The van der Waals surface area contributed by atoms with Crippen LogP contribution >= 0.6 is 11.6 Å². The first-order chi connectivity index (χ1) is 10.1. The van der Waals surface area contributed by atoms with Crippen LogP contribution in [0.3, 0.4) is 0 Å². The third-order valence-electron chi connectivity index (χ3n) is 4.58. The molecule has 0 spiro atoms. The maximum atomic E-state index is 9.55. The molecule has 0 saturated heterocycles. The summed E-state index contributed by atoms with van der Waals surface area (Å²) in [6.07, 6.45) is 4.23. The summed E-state index contributed by atoms with van der Waals surface area (Å²) in [4.78, 5) is 0. The van der Waals surface area contributed by atoms with Crippen LogP contribution in [0.4, 0.5) is 0 Å². The molecule has 1 atom stereocenters. The molecule has 0 aliphatic heterocycles. The van der Waals surface area contributed by atoms with Gasteiger partial charge in [0.1, 0.15) is 11.5 Å². The van der Waals surface area contributed by atoms with E-state index in [0.29, 0.717) is 0 Å². The molecule has 0 radical (unpaired) electrons. The SMILES string of the molecule is Oc1ccc(C2(c3ccc(O)cc3)CCCCC2Cl)cc1. The molecular weight excluding hydrogens is 284 g/mol. The number of rotatable bonds is 2. The number of hydrogen-bond donors (Lipinski definition) is 2. The van der Waals surface area contributed by atoms with Gasteiger partial charge in [0.05, 0.1) is 0 Å². The van der Waals surface area contributed by atoms with Crippen LogP contribution in [0.2, 0.25) is 0 Å². The maximum absolute atomic E-state index is 9.55. The van der Waals surface area contributed by atoms with E-state index in [2.05, 4.69) is 0 Å². The molecule has 3 rings (SSSR count). The Hall–Kier alpha value is -1.67. The summed E-state index contributed by atoms with van der Waals surface area (Å²) in [6, 6.07) is 14.7. The summed E-state index contributed by atoms with van der Waals surface area (Å²) in [6.45, 7) is 0. The zero-order valence-corrected chi connectivity index (χ0v) is 12.6. The second-order valence-electron chi connectivity index (χ2n) is 5.78. The van der Waals surface area contributed by atoms with Gasteiger partial charge in [0, 0.05) is 10.8 Å². The van der Waals surface area contributed by atoms with E-state index >= 15 is 0 Å². The molecule has 110 valence electrons. The van der Waals surface area contributed by atoms with Crippen molar-refractivity contribution in [2.45, 2.75) is 36.5 Å². The minimum absolute atomic E-state index is 0.0142. The van der Waals surface area contributed by atoms with Gasteiger partial charge in [-0.2, -0.15) is 0 Å². The molecule has 2 aromatic rings. The number of phenols is 2. The van der Waals surface area contributed by atoms with E-state index < -0.39 is 0 Å². The largest absolute Gasteiger partial charge is 0.508 e. The van der Waals surface area contributed by atoms with E-state index in [9.17, 15) is 10.2 Å². The fourth-order valence-corrected chi connectivity index (χ4v) is 3.98. The minimum Gasteiger partial charge on any atom is -0.508 e. The Morgan fingerprint density at radius 3 is 1.71 bits per heavy atom. The third kappa shape index (κ3) is 2.49. The number of phenolic OH excluding ortho intramolecular Hbond substituents is 2. The van der Waals surface area contributed by atoms with Crippen LogP contribution in [-0.2, 0) is 5.41 Å². The molecule has 0 bridgehead atoms. The molecule has 1 fully saturated rings. The predicted molar refractivity (Wildman–Crippen MR) is 85.1 cm³/mol. The lowest BCUT2D eigenvalue weighted by molar-refractivity contribution is 0.352. The molecule has 2 nitrogen and oxygen atoms in total. The van der Waals surface area contributed by atoms with Crippen molar-refractivity contribution in [1.29, 1.82) is 0 Å². The van der Waals surface area contributed by atoms with Gasteiger partial charge in [-0.15, -0.1) is 11.6 Å². The summed E-state index contributed by atoms with van der Waals surface area (Å²) in [5.41, 5.74) is 2.01. The van der Waals surface area contributed by atoms with E-state index in [1.54, 1.807) is 24.3 Å². The van der Waals surface area contributed by atoms with E-state index in [1.165, 1.54) is 0 Å². The van der Waals surface area contributed by atoms with E-state index in [1.807, 2.05) is 24.3 Å². The first-order valence-corrected chi connectivity index (χ1v) is 7.80. The van der Waals surface area contributed by atoms with Crippen LogP contribution in [0.25, 0.3) is 0 Å². The van der Waals surface area contributed by atoms with Crippen molar-refractivity contribution >= 4 is 11.6 Å². The molecule has 1 unspecified atom stereocenters. The summed E-state index contributed by atoms with van der Waals surface area (Å²) in [5, 5.41) is 19.1. The normalized spacial score (nSPS) is 21.1. The van der Waals surface area contributed by atoms with Crippen LogP contribution < -0.4 is 0 Å². The predicted octanol–water partition coefficient (Wildman–Crippen LogP) is 4.57. The third-order valence-corrected chi connectivity index (χ3v) is 5.17. The summed E-state index contributed by atoms with van der Waals surface area (Å²) < 4.78 is 0. The van der Waals surface area contributed by atoms with Gasteiger partial charge in [-0.1, -0.05) is 37.1 Å². The van der Waals surface area contributed by atoms with Crippen LogP contribution in [-0.4, -0.2) is 15.6 Å². The zero-order chi connectivity index (χ0) is 14.9. The van der Waals surface area contributed by atoms with Crippen LogP contribution in [0, 0.1) is 0 Å². The molecule has 0 heterocycles. The Morgan fingerprint density at radius 1 is 0.810 bits per heavy atom. The van der Waals surface area contributed by atoms with Crippen LogP contribution in [0.1, 0.15) is 36.8 Å². The average Bonchev–Trinajstić information content (AvgIpc) is 2.50. The van der Waals surface area contributed by atoms with Crippen molar-refractivity contribution in [3.8, 4) is 11.5 Å². The average molecular weight is 303 g/mol. The molecule has 1 aliphatic carbocycles. The van der Waals surface area contributed by atoms with Crippen molar-refractivity contribution in [1.82, 2.24) is 0 Å². The molecule has 1 saturated carbocycles. The second-order valence-corrected chi connectivity index (χ2v) is 6.31. The second kappa shape index (κ2) is 5.61. The highest BCUT2D eigenvalue weighted by molar-refractivity contribution is 6.22. The standard InChI is InChI=1S/C18H19ClO2/c19-17-3-1-2-12-18(17,13-4-8-15(20)9-5-13)14-6-10-16(21)11-7-14/h4-11,17,20-21H,1-3,12H2. The Kier molecular flexibility index (Phi) is 3.81. The first kappa shape index (κ1) is 14.3. The van der Waals surface area contributed by atoms with Gasteiger partial charge in [-0.05, 0) is 48.2 Å². The Morgan fingerprint density at radius 2 is 1.29 bits per heavy atom. The minimum atomic E-state index is -0.249. The molecule has 2 aromatic carbocycles.